The lowest BCUT2D eigenvalue weighted by Gasteiger charge is -2.21. The Labute approximate surface area is 143 Å². The summed E-state index contributed by atoms with van der Waals surface area (Å²) in [5, 5.41) is 7.16. The second-order valence-corrected chi connectivity index (χ2v) is 5.89. The number of hydrogen-bond donors (Lipinski definition) is 1. The molecule has 0 saturated carbocycles. The number of ether oxygens (including phenoxy) is 2. The topological polar surface area (TPSA) is 85.0 Å². The fraction of sp³-hybridized carbons (Fsp3) is 0.812. The molecule has 0 aromatic carbocycles. The first kappa shape index (κ1) is 18.7. The summed E-state index contributed by atoms with van der Waals surface area (Å²) in [6, 6.07) is 0. The van der Waals surface area contributed by atoms with Crippen LogP contribution in [0.5, 0.6) is 0 Å². The number of guanidine groups is 1. The highest BCUT2D eigenvalue weighted by molar-refractivity contribution is 5.80. The van der Waals surface area contributed by atoms with Crippen LogP contribution in [0.1, 0.15) is 25.1 Å². The van der Waals surface area contributed by atoms with Gasteiger partial charge in [-0.1, -0.05) is 5.16 Å². The van der Waals surface area contributed by atoms with Gasteiger partial charge in [0.15, 0.2) is 11.8 Å². The molecule has 0 bridgehead atoms. The number of hydrogen-bond acceptors (Lipinski definition) is 6. The fourth-order valence-corrected chi connectivity index (χ4v) is 2.68. The van der Waals surface area contributed by atoms with E-state index in [1.54, 1.807) is 7.11 Å². The third-order valence-electron chi connectivity index (χ3n) is 3.86. The summed E-state index contributed by atoms with van der Waals surface area (Å²) in [7, 11) is 1.69. The van der Waals surface area contributed by atoms with Gasteiger partial charge in [0.1, 0.15) is 0 Å². The minimum Gasteiger partial charge on any atom is -0.382 e. The van der Waals surface area contributed by atoms with E-state index in [2.05, 4.69) is 32.3 Å². The molecule has 8 heteroatoms. The van der Waals surface area contributed by atoms with Crippen molar-refractivity contribution < 1.29 is 14.0 Å². The number of aliphatic imine (C=N–C) groups is 1. The molecule has 1 unspecified atom stereocenters. The van der Waals surface area contributed by atoms with Crippen molar-refractivity contribution in [2.24, 2.45) is 10.9 Å². The first-order valence-electron chi connectivity index (χ1n) is 8.62. The van der Waals surface area contributed by atoms with Crippen LogP contribution in [0.2, 0.25) is 0 Å². The summed E-state index contributed by atoms with van der Waals surface area (Å²) in [6.45, 7) is 9.44. The Hall–Kier alpha value is -1.67. The van der Waals surface area contributed by atoms with Crippen molar-refractivity contribution >= 4 is 5.96 Å². The van der Waals surface area contributed by atoms with E-state index in [1.165, 1.54) is 0 Å². The zero-order valence-electron chi connectivity index (χ0n) is 15.0. The molecular weight excluding hydrogens is 310 g/mol. The van der Waals surface area contributed by atoms with Gasteiger partial charge in [0.25, 0.3) is 0 Å². The molecule has 8 nitrogen and oxygen atoms in total. The fourth-order valence-electron chi connectivity index (χ4n) is 2.68. The molecule has 1 aromatic heterocycles. The number of likely N-dealkylation sites (tertiary alicyclic amines) is 1. The lowest BCUT2D eigenvalue weighted by molar-refractivity contribution is 0.0536. The summed E-state index contributed by atoms with van der Waals surface area (Å²) in [6.07, 6.45) is 1.79. The van der Waals surface area contributed by atoms with Crippen molar-refractivity contribution in [2.75, 3.05) is 53.1 Å². The third-order valence-corrected chi connectivity index (χ3v) is 3.86. The molecule has 0 aliphatic carbocycles. The van der Waals surface area contributed by atoms with E-state index in [0.717, 1.165) is 38.6 Å². The van der Waals surface area contributed by atoms with E-state index in [4.69, 9.17) is 14.0 Å². The van der Waals surface area contributed by atoms with Gasteiger partial charge in [-0.25, -0.2) is 0 Å². The van der Waals surface area contributed by atoms with Crippen LogP contribution in [0.3, 0.4) is 0 Å². The van der Waals surface area contributed by atoms with Crippen LogP contribution in [-0.4, -0.2) is 74.1 Å². The van der Waals surface area contributed by atoms with Crippen molar-refractivity contribution in [3.05, 3.63) is 11.7 Å². The third kappa shape index (κ3) is 6.09. The number of rotatable bonds is 9. The van der Waals surface area contributed by atoms with E-state index < -0.39 is 0 Å². The van der Waals surface area contributed by atoms with Crippen LogP contribution >= 0.6 is 0 Å². The Morgan fingerprint density at radius 1 is 1.46 bits per heavy atom. The number of nitrogens with one attached hydrogen (secondary N) is 1. The summed E-state index contributed by atoms with van der Waals surface area (Å²) in [5.41, 5.74) is 0. The number of aromatic nitrogens is 2. The van der Waals surface area contributed by atoms with Gasteiger partial charge in [-0.3, -0.25) is 4.99 Å². The summed E-state index contributed by atoms with van der Waals surface area (Å²) in [4.78, 5) is 11.2. The minimum atomic E-state index is 0.546. The lowest BCUT2D eigenvalue weighted by Crippen LogP contribution is -2.40. The molecule has 1 aliphatic rings. The molecule has 0 amide bonds. The average molecular weight is 339 g/mol. The molecule has 24 heavy (non-hydrogen) atoms. The first-order chi connectivity index (χ1) is 11.7. The normalized spacial score (nSPS) is 18.4. The van der Waals surface area contributed by atoms with Crippen molar-refractivity contribution in [2.45, 2.75) is 26.7 Å². The molecule has 1 aliphatic heterocycles. The van der Waals surface area contributed by atoms with Crippen LogP contribution in [0, 0.1) is 12.8 Å². The summed E-state index contributed by atoms with van der Waals surface area (Å²) < 4.78 is 15.8. The van der Waals surface area contributed by atoms with Gasteiger partial charge in [0.2, 0.25) is 5.89 Å². The Morgan fingerprint density at radius 3 is 3.04 bits per heavy atom. The van der Waals surface area contributed by atoms with E-state index in [9.17, 15) is 0 Å². The van der Waals surface area contributed by atoms with Gasteiger partial charge < -0.3 is 24.2 Å². The van der Waals surface area contributed by atoms with Crippen LogP contribution in [0.15, 0.2) is 9.52 Å². The maximum atomic E-state index is 5.65. The Morgan fingerprint density at radius 2 is 2.33 bits per heavy atom. The largest absolute Gasteiger partial charge is 0.382 e. The zero-order valence-corrected chi connectivity index (χ0v) is 15.0. The molecule has 1 aromatic rings. The standard InChI is InChI=1S/C16H29N5O3/c1-4-17-16(18-7-5-15-19-13(2)20-24-15)21-8-6-14(11-21)12-23-10-9-22-3/h14H,4-12H2,1-3H3,(H,17,18). The van der Waals surface area contributed by atoms with Crippen LogP contribution < -0.4 is 5.32 Å². The van der Waals surface area contributed by atoms with Crippen molar-refractivity contribution in [3.63, 3.8) is 0 Å². The summed E-state index contributed by atoms with van der Waals surface area (Å²) >= 11 is 0. The number of aryl methyl sites for hydroxylation is 1. The van der Waals surface area contributed by atoms with Gasteiger partial charge >= 0.3 is 0 Å². The molecule has 1 saturated heterocycles. The molecule has 1 fully saturated rings. The Kier molecular flexibility index (Phi) is 7.97. The highest BCUT2D eigenvalue weighted by atomic mass is 16.5. The molecule has 0 radical (unpaired) electrons. The monoisotopic (exact) mass is 339 g/mol. The lowest BCUT2D eigenvalue weighted by atomic mass is 10.1. The van der Waals surface area contributed by atoms with E-state index in [0.29, 0.717) is 43.8 Å². The molecule has 136 valence electrons. The van der Waals surface area contributed by atoms with E-state index in [1.807, 2.05) is 6.92 Å². The molecule has 1 atom stereocenters. The second-order valence-electron chi connectivity index (χ2n) is 5.89. The van der Waals surface area contributed by atoms with Crippen LogP contribution in [0.25, 0.3) is 0 Å². The highest BCUT2D eigenvalue weighted by Gasteiger charge is 2.24. The summed E-state index contributed by atoms with van der Waals surface area (Å²) in [5.74, 6) is 2.80. The maximum absolute atomic E-state index is 5.65. The van der Waals surface area contributed by atoms with Gasteiger partial charge in [-0.15, -0.1) is 0 Å². The van der Waals surface area contributed by atoms with E-state index in [-0.39, 0.29) is 0 Å². The van der Waals surface area contributed by atoms with Crippen LogP contribution in [-0.2, 0) is 15.9 Å². The molecule has 2 heterocycles. The molecule has 0 spiro atoms. The highest BCUT2D eigenvalue weighted by Crippen LogP contribution is 2.16. The van der Waals surface area contributed by atoms with Gasteiger partial charge in [-0.2, -0.15) is 4.98 Å². The first-order valence-corrected chi connectivity index (χ1v) is 8.62. The Balaban J connectivity index is 1.78. The smallest absolute Gasteiger partial charge is 0.228 e. The predicted octanol–water partition coefficient (Wildman–Crippen LogP) is 0.871. The molecular formula is C16H29N5O3. The van der Waals surface area contributed by atoms with Crippen molar-refractivity contribution in [1.29, 1.82) is 0 Å². The maximum Gasteiger partial charge on any atom is 0.228 e. The van der Waals surface area contributed by atoms with Crippen molar-refractivity contribution in [1.82, 2.24) is 20.4 Å². The molecule has 2 rings (SSSR count). The SMILES string of the molecule is CCNC(=NCCc1nc(C)no1)N1CCC(COCCOC)C1. The number of methoxy groups -OCH3 is 1. The van der Waals surface area contributed by atoms with Gasteiger partial charge in [-0.05, 0) is 20.3 Å². The average Bonchev–Trinajstić information content (AvgIpc) is 3.20. The zero-order chi connectivity index (χ0) is 17.2. The van der Waals surface area contributed by atoms with E-state index >= 15 is 0 Å². The quantitative estimate of drug-likeness (QED) is 0.406. The molecule has 1 N–H and O–H groups in total. The minimum absolute atomic E-state index is 0.546. The second kappa shape index (κ2) is 10.2. The van der Waals surface area contributed by atoms with Crippen molar-refractivity contribution in [3.8, 4) is 0 Å². The predicted molar refractivity (Wildman–Crippen MR) is 91.1 cm³/mol. The Bertz CT molecular complexity index is 506. The van der Waals surface area contributed by atoms with Gasteiger partial charge in [0, 0.05) is 39.1 Å². The van der Waals surface area contributed by atoms with Gasteiger partial charge in [0.05, 0.1) is 26.4 Å². The number of nitrogens with zero attached hydrogens (tertiary/aromatic N) is 4. The van der Waals surface area contributed by atoms with Crippen LogP contribution in [0.4, 0.5) is 0 Å².